The van der Waals surface area contributed by atoms with Crippen LogP contribution in [0.4, 0.5) is 0 Å². The third-order valence-corrected chi connectivity index (χ3v) is 5.96. The second kappa shape index (κ2) is 7.13. The van der Waals surface area contributed by atoms with E-state index < -0.39 is 0 Å². The van der Waals surface area contributed by atoms with Crippen molar-refractivity contribution in [2.75, 3.05) is 14.2 Å². The molecule has 4 rings (SSSR count). The van der Waals surface area contributed by atoms with E-state index in [0.717, 1.165) is 26.2 Å². The van der Waals surface area contributed by atoms with E-state index in [-0.39, 0.29) is 11.9 Å². The first-order valence-corrected chi connectivity index (χ1v) is 9.53. The summed E-state index contributed by atoms with van der Waals surface area (Å²) >= 11 is 1.61. The molecule has 0 saturated carbocycles. The quantitative estimate of drug-likeness (QED) is 0.488. The van der Waals surface area contributed by atoms with Gasteiger partial charge in [0.1, 0.15) is 10.6 Å². The number of furan rings is 1. The summed E-state index contributed by atoms with van der Waals surface area (Å²) in [6.45, 7) is 2.30. The number of thiazole rings is 1. The third kappa shape index (κ3) is 3.11. The molecule has 0 spiro atoms. The zero-order valence-electron chi connectivity index (χ0n) is 15.4. The maximum absolute atomic E-state index is 13.2. The van der Waals surface area contributed by atoms with Gasteiger partial charge in [-0.05, 0) is 25.1 Å². The number of hydrogen-bond acceptors (Lipinski definition) is 5. The van der Waals surface area contributed by atoms with Crippen molar-refractivity contribution in [3.63, 3.8) is 0 Å². The number of carbonyl (C=O) groups excluding carboxylic acids is 1. The molecule has 27 heavy (non-hydrogen) atoms. The van der Waals surface area contributed by atoms with Gasteiger partial charge < -0.3 is 14.1 Å². The number of para-hydroxylation sites is 2. The van der Waals surface area contributed by atoms with Crippen molar-refractivity contribution < 1.29 is 13.9 Å². The Morgan fingerprint density at radius 3 is 2.74 bits per heavy atom. The van der Waals surface area contributed by atoms with Gasteiger partial charge in [-0.15, -0.1) is 11.3 Å². The van der Waals surface area contributed by atoms with E-state index in [2.05, 4.69) is 4.98 Å². The zero-order valence-corrected chi connectivity index (χ0v) is 16.2. The molecule has 0 saturated heterocycles. The first-order valence-electron chi connectivity index (χ1n) is 8.72. The largest absolute Gasteiger partial charge is 0.451 e. The predicted octanol–water partition coefficient (Wildman–Crippen LogP) is 5.02. The van der Waals surface area contributed by atoms with Crippen LogP contribution in [0.2, 0.25) is 0 Å². The van der Waals surface area contributed by atoms with Crippen LogP contribution in [0.25, 0.3) is 21.2 Å². The SMILES string of the molecule is COCc1c(C(=O)N(C)[C@@H](C)c2nc3ccccc3s2)oc2ccccc12. The minimum absolute atomic E-state index is 0.168. The number of ether oxygens (including phenoxy) is 1. The molecule has 0 aliphatic heterocycles. The van der Waals surface area contributed by atoms with Crippen molar-refractivity contribution >= 4 is 38.4 Å². The van der Waals surface area contributed by atoms with Crippen LogP contribution in [-0.2, 0) is 11.3 Å². The lowest BCUT2D eigenvalue weighted by molar-refractivity contribution is 0.0706. The zero-order chi connectivity index (χ0) is 19.0. The number of fused-ring (bicyclic) bond motifs is 2. The number of nitrogens with zero attached hydrogens (tertiary/aromatic N) is 2. The summed E-state index contributed by atoms with van der Waals surface area (Å²) in [7, 11) is 3.40. The Morgan fingerprint density at radius 1 is 1.22 bits per heavy atom. The van der Waals surface area contributed by atoms with Crippen molar-refractivity contribution in [3.8, 4) is 0 Å². The van der Waals surface area contributed by atoms with Crippen molar-refractivity contribution in [2.45, 2.75) is 19.6 Å². The van der Waals surface area contributed by atoms with Crippen molar-refractivity contribution in [1.29, 1.82) is 0 Å². The standard InChI is InChI=1S/C21H20N2O3S/c1-13(20-22-16-9-5-7-11-18(16)27-20)23(2)21(24)19-15(12-25-3)14-8-4-6-10-17(14)26-19/h4-11,13H,12H2,1-3H3/t13-/m0/s1. The number of carbonyl (C=O) groups is 1. The van der Waals surface area contributed by atoms with Crippen LogP contribution in [-0.4, -0.2) is 29.9 Å². The number of hydrogen-bond donors (Lipinski definition) is 0. The number of amides is 1. The minimum Gasteiger partial charge on any atom is -0.451 e. The molecule has 1 atom stereocenters. The third-order valence-electron chi connectivity index (χ3n) is 4.75. The van der Waals surface area contributed by atoms with Gasteiger partial charge in [-0.2, -0.15) is 0 Å². The van der Waals surface area contributed by atoms with E-state index in [4.69, 9.17) is 9.15 Å². The molecule has 2 aromatic carbocycles. The average Bonchev–Trinajstić information content (AvgIpc) is 3.28. The lowest BCUT2D eigenvalue weighted by Crippen LogP contribution is -2.30. The molecule has 0 unspecified atom stereocenters. The first-order chi connectivity index (χ1) is 13.1. The molecular weight excluding hydrogens is 360 g/mol. The Bertz CT molecular complexity index is 1080. The Labute approximate surface area is 161 Å². The van der Waals surface area contributed by atoms with Crippen molar-refractivity contribution in [3.05, 3.63) is 64.9 Å². The summed E-state index contributed by atoms with van der Waals surface area (Å²) in [6.07, 6.45) is 0. The van der Waals surface area contributed by atoms with Gasteiger partial charge in [-0.25, -0.2) is 4.98 Å². The number of methoxy groups -OCH3 is 1. The molecule has 0 fully saturated rings. The Kier molecular flexibility index (Phi) is 4.68. The summed E-state index contributed by atoms with van der Waals surface area (Å²) in [5.41, 5.74) is 2.42. The van der Waals surface area contributed by atoms with E-state index in [1.807, 2.05) is 55.5 Å². The molecule has 0 aliphatic rings. The lowest BCUT2D eigenvalue weighted by Gasteiger charge is -2.22. The fourth-order valence-electron chi connectivity index (χ4n) is 3.13. The van der Waals surface area contributed by atoms with Crippen LogP contribution in [0, 0.1) is 0 Å². The second-order valence-corrected chi connectivity index (χ2v) is 7.51. The van der Waals surface area contributed by atoms with Crippen LogP contribution in [0.15, 0.2) is 52.9 Å². The molecule has 2 aromatic heterocycles. The summed E-state index contributed by atoms with van der Waals surface area (Å²) < 4.78 is 12.3. The highest BCUT2D eigenvalue weighted by Gasteiger charge is 2.27. The smallest absolute Gasteiger partial charge is 0.290 e. The van der Waals surface area contributed by atoms with E-state index in [1.165, 1.54) is 0 Å². The first kappa shape index (κ1) is 17.7. The molecule has 0 bridgehead atoms. The van der Waals surface area contributed by atoms with Gasteiger partial charge in [0, 0.05) is 25.1 Å². The molecule has 0 N–H and O–H groups in total. The monoisotopic (exact) mass is 380 g/mol. The molecule has 138 valence electrons. The highest BCUT2D eigenvalue weighted by atomic mass is 32.1. The fourth-order valence-corrected chi connectivity index (χ4v) is 4.19. The van der Waals surface area contributed by atoms with Gasteiger partial charge in [0.25, 0.3) is 5.91 Å². The minimum atomic E-state index is -0.176. The summed E-state index contributed by atoms with van der Waals surface area (Å²) in [6, 6.07) is 15.5. The lowest BCUT2D eigenvalue weighted by atomic mass is 10.1. The topological polar surface area (TPSA) is 55.6 Å². The molecule has 1 amide bonds. The van der Waals surface area contributed by atoms with Crippen molar-refractivity contribution in [2.24, 2.45) is 0 Å². The molecular formula is C21H20N2O3S. The van der Waals surface area contributed by atoms with Gasteiger partial charge in [0.2, 0.25) is 0 Å². The molecule has 2 heterocycles. The molecule has 6 heteroatoms. The van der Waals surface area contributed by atoms with E-state index in [9.17, 15) is 4.79 Å². The predicted molar refractivity (Wildman–Crippen MR) is 107 cm³/mol. The highest BCUT2D eigenvalue weighted by molar-refractivity contribution is 7.18. The number of aromatic nitrogens is 1. The Morgan fingerprint density at radius 2 is 1.96 bits per heavy atom. The summed E-state index contributed by atoms with van der Waals surface area (Å²) in [5.74, 6) is 0.151. The summed E-state index contributed by atoms with van der Waals surface area (Å²) in [5, 5.41) is 1.81. The highest BCUT2D eigenvalue weighted by Crippen LogP contribution is 2.32. The van der Waals surface area contributed by atoms with E-state index in [1.54, 1.807) is 30.4 Å². The van der Waals surface area contributed by atoms with Gasteiger partial charge in [-0.3, -0.25) is 4.79 Å². The van der Waals surface area contributed by atoms with Crippen LogP contribution in [0.1, 0.15) is 34.1 Å². The van der Waals surface area contributed by atoms with E-state index >= 15 is 0 Å². The van der Waals surface area contributed by atoms with Crippen LogP contribution < -0.4 is 0 Å². The summed E-state index contributed by atoms with van der Waals surface area (Å²) in [4.78, 5) is 19.5. The van der Waals surface area contributed by atoms with Gasteiger partial charge in [0.15, 0.2) is 5.76 Å². The molecule has 0 aliphatic carbocycles. The van der Waals surface area contributed by atoms with Crippen LogP contribution in [0.3, 0.4) is 0 Å². The number of benzene rings is 2. The average molecular weight is 380 g/mol. The maximum Gasteiger partial charge on any atom is 0.290 e. The maximum atomic E-state index is 13.2. The Balaban J connectivity index is 1.69. The molecule has 4 aromatic rings. The Hall–Kier alpha value is -2.70. The van der Waals surface area contributed by atoms with Gasteiger partial charge in [-0.1, -0.05) is 30.3 Å². The molecule has 0 radical (unpaired) electrons. The van der Waals surface area contributed by atoms with Gasteiger partial charge >= 0.3 is 0 Å². The second-order valence-electron chi connectivity index (χ2n) is 6.45. The molecule has 5 nitrogen and oxygen atoms in total. The van der Waals surface area contributed by atoms with Crippen molar-refractivity contribution in [1.82, 2.24) is 9.88 Å². The van der Waals surface area contributed by atoms with Gasteiger partial charge in [0.05, 0.1) is 22.9 Å². The van der Waals surface area contributed by atoms with Crippen LogP contribution >= 0.6 is 11.3 Å². The van der Waals surface area contributed by atoms with E-state index in [0.29, 0.717) is 18.0 Å². The normalized spacial score (nSPS) is 12.6. The van der Waals surface area contributed by atoms with Crippen LogP contribution in [0.5, 0.6) is 0 Å². The number of rotatable bonds is 5. The fraction of sp³-hybridized carbons (Fsp3) is 0.238.